The van der Waals surface area contributed by atoms with E-state index >= 15 is 0 Å². The SMILES string of the molecule is Cc1cc(=O)n(CC(=O)N2CCC(OCc3ccccc3)CC2)nc1C. The number of piperidine rings is 1. The molecule has 0 atom stereocenters. The Labute approximate surface area is 153 Å². The second kappa shape index (κ2) is 8.27. The van der Waals surface area contributed by atoms with Crippen molar-refractivity contribution in [1.29, 1.82) is 0 Å². The smallest absolute Gasteiger partial charge is 0.267 e. The Kier molecular flexibility index (Phi) is 5.83. The summed E-state index contributed by atoms with van der Waals surface area (Å²) in [5.74, 6) is -0.0654. The second-order valence-corrected chi connectivity index (χ2v) is 6.79. The molecule has 0 N–H and O–H groups in total. The number of hydrogen-bond donors (Lipinski definition) is 0. The van der Waals surface area contributed by atoms with Gasteiger partial charge in [-0.2, -0.15) is 5.10 Å². The summed E-state index contributed by atoms with van der Waals surface area (Å²) in [4.78, 5) is 26.3. The van der Waals surface area contributed by atoms with Gasteiger partial charge in [-0.25, -0.2) is 4.68 Å². The zero-order valence-electron chi connectivity index (χ0n) is 15.4. The molecule has 6 nitrogen and oxygen atoms in total. The van der Waals surface area contributed by atoms with Gasteiger partial charge in [-0.15, -0.1) is 0 Å². The van der Waals surface area contributed by atoms with Crippen LogP contribution in [0.5, 0.6) is 0 Å². The van der Waals surface area contributed by atoms with E-state index in [1.165, 1.54) is 10.7 Å². The lowest BCUT2D eigenvalue weighted by Gasteiger charge is -2.32. The first-order valence-electron chi connectivity index (χ1n) is 9.01. The number of amides is 1. The third-order valence-electron chi connectivity index (χ3n) is 4.84. The summed E-state index contributed by atoms with van der Waals surface area (Å²) in [5, 5.41) is 4.22. The lowest BCUT2D eigenvalue weighted by atomic mass is 10.1. The number of ether oxygens (including phenoxy) is 1. The summed E-state index contributed by atoms with van der Waals surface area (Å²) < 4.78 is 7.21. The van der Waals surface area contributed by atoms with Crippen LogP contribution in [0.25, 0.3) is 0 Å². The molecule has 6 heteroatoms. The van der Waals surface area contributed by atoms with Gasteiger partial charge in [0.15, 0.2) is 0 Å². The van der Waals surface area contributed by atoms with Gasteiger partial charge in [0.05, 0.1) is 18.4 Å². The molecule has 138 valence electrons. The normalized spacial score (nSPS) is 15.2. The quantitative estimate of drug-likeness (QED) is 0.824. The Morgan fingerprint density at radius 2 is 1.88 bits per heavy atom. The van der Waals surface area contributed by atoms with Crippen molar-refractivity contribution in [3.8, 4) is 0 Å². The van der Waals surface area contributed by atoms with E-state index in [1.807, 2.05) is 44.2 Å². The van der Waals surface area contributed by atoms with Crippen molar-refractivity contribution in [2.24, 2.45) is 0 Å². The molecule has 1 aromatic heterocycles. The van der Waals surface area contributed by atoms with Crippen LogP contribution in [0.4, 0.5) is 0 Å². The lowest BCUT2D eigenvalue weighted by molar-refractivity contribution is -0.134. The Hall–Kier alpha value is -2.47. The van der Waals surface area contributed by atoms with E-state index in [0.717, 1.165) is 29.7 Å². The van der Waals surface area contributed by atoms with Crippen LogP contribution in [0, 0.1) is 13.8 Å². The molecule has 1 amide bonds. The van der Waals surface area contributed by atoms with Crippen LogP contribution in [0.15, 0.2) is 41.2 Å². The van der Waals surface area contributed by atoms with E-state index in [1.54, 1.807) is 4.90 Å². The molecule has 1 aliphatic rings. The van der Waals surface area contributed by atoms with Crippen molar-refractivity contribution >= 4 is 5.91 Å². The molecule has 0 spiro atoms. The molecule has 2 heterocycles. The monoisotopic (exact) mass is 355 g/mol. The van der Waals surface area contributed by atoms with E-state index in [9.17, 15) is 9.59 Å². The molecule has 0 saturated carbocycles. The van der Waals surface area contributed by atoms with Gasteiger partial charge in [0.1, 0.15) is 6.54 Å². The van der Waals surface area contributed by atoms with Crippen molar-refractivity contribution in [2.45, 2.75) is 45.9 Å². The Morgan fingerprint density at radius 3 is 2.58 bits per heavy atom. The van der Waals surface area contributed by atoms with E-state index in [2.05, 4.69) is 5.10 Å². The molecular formula is C20H25N3O3. The van der Waals surface area contributed by atoms with Crippen LogP contribution in [-0.2, 0) is 22.7 Å². The third-order valence-corrected chi connectivity index (χ3v) is 4.84. The van der Waals surface area contributed by atoms with Crippen molar-refractivity contribution in [1.82, 2.24) is 14.7 Å². The van der Waals surface area contributed by atoms with E-state index in [0.29, 0.717) is 19.7 Å². The average molecular weight is 355 g/mol. The van der Waals surface area contributed by atoms with Crippen LogP contribution >= 0.6 is 0 Å². The van der Waals surface area contributed by atoms with Crippen molar-refractivity contribution in [3.05, 3.63) is 63.6 Å². The second-order valence-electron chi connectivity index (χ2n) is 6.79. The number of aryl methyl sites for hydroxylation is 2. The first-order valence-corrected chi connectivity index (χ1v) is 9.01. The number of benzene rings is 1. The highest BCUT2D eigenvalue weighted by molar-refractivity contribution is 5.76. The van der Waals surface area contributed by atoms with Gasteiger partial charge in [0, 0.05) is 19.2 Å². The number of hydrogen-bond acceptors (Lipinski definition) is 4. The van der Waals surface area contributed by atoms with Crippen molar-refractivity contribution in [2.75, 3.05) is 13.1 Å². The summed E-state index contributed by atoms with van der Waals surface area (Å²) in [7, 11) is 0. The zero-order valence-corrected chi connectivity index (χ0v) is 15.4. The molecule has 1 saturated heterocycles. The first kappa shape index (κ1) is 18.3. The lowest BCUT2D eigenvalue weighted by Crippen LogP contribution is -2.43. The fourth-order valence-electron chi connectivity index (χ4n) is 3.07. The number of rotatable bonds is 5. The van der Waals surface area contributed by atoms with Gasteiger partial charge in [-0.1, -0.05) is 30.3 Å². The van der Waals surface area contributed by atoms with Gasteiger partial charge in [-0.05, 0) is 37.8 Å². The van der Waals surface area contributed by atoms with E-state index in [-0.39, 0.29) is 24.1 Å². The highest BCUT2D eigenvalue weighted by atomic mass is 16.5. The van der Waals surface area contributed by atoms with Gasteiger partial charge < -0.3 is 9.64 Å². The number of carbonyl (C=O) groups excluding carboxylic acids is 1. The minimum absolute atomic E-state index is 0.00447. The molecule has 1 aromatic carbocycles. The highest BCUT2D eigenvalue weighted by Gasteiger charge is 2.23. The van der Waals surface area contributed by atoms with Crippen molar-refractivity contribution in [3.63, 3.8) is 0 Å². The summed E-state index contributed by atoms with van der Waals surface area (Å²) in [6, 6.07) is 11.6. The van der Waals surface area contributed by atoms with Crippen LogP contribution in [0.1, 0.15) is 29.7 Å². The summed E-state index contributed by atoms with van der Waals surface area (Å²) >= 11 is 0. The van der Waals surface area contributed by atoms with E-state index < -0.39 is 0 Å². The number of carbonyl (C=O) groups is 1. The predicted octanol–water partition coefficient (Wildman–Crippen LogP) is 2.07. The molecule has 1 fully saturated rings. The summed E-state index contributed by atoms with van der Waals surface area (Å²) in [6.07, 6.45) is 1.79. The molecule has 3 rings (SSSR count). The maximum absolute atomic E-state index is 12.5. The van der Waals surface area contributed by atoms with E-state index in [4.69, 9.17) is 4.74 Å². The summed E-state index contributed by atoms with van der Waals surface area (Å²) in [6.45, 7) is 5.58. The Balaban J connectivity index is 1.49. The molecule has 0 radical (unpaired) electrons. The van der Waals surface area contributed by atoms with Crippen LogP contribution < -0.4 is 5.56 Å². The third kappa shape index (κ3) is 4.58. The topological polar surface area (TPSA) is 64.4 Å². The van der Waals surface area contributed by atoms with Gasteiger partial charge in [-0.3, -0.25) is 9.59 Å². The highest BCUT2D eigenvalue weighted by Crippen LogP contribution is 2.16. The van der Waals surface area contributed by atoms with Gasteiger partial charge in [0.2, 0.25) is 5.91 Å². The van der Waals surface area contributed by atoms with Crippen LogP contribution in [-0.4, -0.2) is 39.8 Å². The number of nitrogens with zero attached hydrogens (tertiary/aromatic N) is 3. The first-order chi connectivity index (χ1) is 12.5. The maximum atomic E-state index is 12.5. The molecule has 2 aromatic rings. The van der Waals surface area contributed by atoms with Crippen molar-refractivity contribution < 1.29 is 9.53 Å². The Bertz CT molecular complexity index is 809. The zero-order chi connectivity index (χ0) is 18.5. The molecule has 0 aliphatic carbocycles. The molecule has 26 heavy (non-hydrogen) atoms. The molecule has 0 bridgehead atoms. The average Bonchev–Trinajstić information content (AvgIpc) is 2.65. The van der Waals surface area contributed by atoms with Crippen LogP contribution in [0.2, 0.25) is 0 Å². The number of aromatic nitrogens is 2. The minimum atomic E-state index is -0.234. The molecule has 1 aliphatic heterocycles. The van der Waals surface area contributed by atoms with Gasteiger partial charge >= 0.3 is 0 Å². The number of likely N-dealkylation sites (tertiary alicyclic amines) is 1. The standard InChI is InChI=1S/C20H25N3O3/c1-15-12-19(24)23(21-16(15)2)13-20(25)22-10-8-18(9-11-22)26-14-17-6-4-3-5-7-17/h3-7,12,18H,8-11,13-14H2,1-2H3. The van der Waals surface area contributed by atoms with Crippen LogP contribution in [0.3, 0.4) is 0 Å². The largest absolute Gasteiger partial charge is 0.373 e. The van der Waals surface area contributed by atoms with Gasteiger partial charge in [0.25, 0.3) is 5.56 Å². The fourth-order valence-corrected chi connectivity index (χ4v) is 3.07. The predicted molar refractivity (Wildman–Crippen MR) is 98.8 cm³/mol. The minimum Gasteiger partial charge on any atom is -0.373 e. The Morgan fingerprint density at radius 1 is 1.19 bits per heavy atom. The molecular weight excluding hydrogens is 330 g/mol. The fraction of sp³-hybridized carbons (Fsp3) is 0.450. The summed E-state index contributed by atoms with van der Waals surface area (Å²) in [5.41, 5.74) is 2.54. The maximum Gasteiger partial charge on any atom is 0.267 e. The molecule has 0 unspecified atom stereocenters.